The monoisotopic (exact) mass is 287 g/mol. The van der Waals surface area contributed by atoms with Crippen molar-refractivity contribution in [2.24, 2.45) is 0 Å². The van der Waals surface area contributed by atoms with Gasteiger partial charge in [-0.25, -0.2) is 4.98 Å². The lowest BCUT2D eigenvalue weighted by Crippen LogP contribution is -1.99. The quantitative estimate of drug-likeness (QED) is 0.544. The highest BCUT2D eigenvalue weighted by molar-refractivity contribution is 7.09. The molecule has 0 saturated carbocycles. The molecular weight excluding hydrogens is 274 g/mol. The van der Waals surface area contributed by atoms with Crippen molar-refractivity contribution >= 4 is 27.9 Å². The molecule has 0 atom stereocenters. The zero-order valence-corrected chi connectivity index (χ0v) is 11.8. The second kappa shape index (κ2) is 5.05. The second-order valence-electron chi connectivity index (χ2n) is 4.62. The number of aryl methyl sites for hydroxylation is 3. The molecule has 0 spiro atoms. The maximum absolute atomic E-state index is 10.8. The van der Waals surface area contributed by atoms with E-state index in [1.54, 1.807) is 23.5 Å². The molecule has 0 aliphatic heterocycles. The maximum Gasteiger partial charge on any atom is 0.270 e. The molecule has 3 aromatic rings. The molecule has 0 fully saturated rings. The van der Waals surface area contributed by atoms with Crippen molar-refractivity contribution in [2.75, 3.05) is 0 Å². The summed E-state index contributed by atoms with van der Waals surface area (Å²) in [7, 11) is 0. The van der Waals surface area contributed by atoms with Crippen LogP contribution in [0.25, 0.3) is 10.9 Å². The fourth-order valence-corrected chi connectivity index (χ4v) is 3.05. The van der Waals surface area contributed by atoms with Gasteiger partial charge in [-0.1, -0.05) is 0 Å². The summed E-state index contributed by atoms with van der Waals surface area (Å²) in [6, 6.07) is 6.90. The number of hydrogen-bond donors (Lipinski definition) is 0. The van der Waals surface area contributed by atoms with E-state index in [0.717, 1.165) is 29.6 Å². The predicted molar refractivity (Wildman–Crippen MR) is 79.1 cm³/mol. The smallest absolute Gasteiger partial charge is 0.270 e. The first-order valence-corrected chi connectivity index (χ1v) is 7.15. The molecule has 20 heavy (non-hydrogen) atoms. The van der Waals surface area contributed by atoms with Crippen LogP contribution in [0.3, 0.4) is 0 Å². The molecule has 0 saturated heterocycles. The van der Waals surface area contributed by atoms with Crippen molar-refractivity contribution in [2.45, 2.75) is 19.9 Å². The third-order valence-corrected chi connectivity index (χ3v) is 4.38. The number of thiazole rings is 1. The van der Waals surface area contributed by atoms with Crippen LogP contribution in [-0.2, 0) is 13.0 Å². The van der Waals surface area contributed by atoms with Gasteiger partial charge in [-0.2, -0.15) is 0 Å². The van der Waals surface area contributed by atoms with Crippen LogP contribution in [0.15, 0.2) is 36.0 Å². The summed E-state index contributed by atoms with van der Waals surface area (Å²) in [6.45, 7) is 2.87. The lowest BCUT2D eigenvalue weighted by molar-refractivity contribution is -0.384. The van der Waals surface area contributed by atoms with Crippen molar-refractivity contribution in [1.29, 1.82) is 0 Å². The molecule has 0 radical (unpaired) electrons. The van der Waals surface area contributed by atoms with Crippen molar-refractivity contribution < 1.29 is 4.92 Å². The third-order valence-electron chi connectivity index (χ3n) is 3.39. The Labute approximate surface area is 119 Å². The number of rotatable bonds is 4. The number of non-ortho nitro benzene ring substituents is 1. The highest BCUT2D eigenvalue weighted by Gasteiger charge is 2.09. The minimum Gasteiger partial charge on any atom is -0.347 e. The summed E-state index contributed by atoms with van der Waals surface area (Å²) in [5.74, 6) is 0. The molecular formula is C14H13N3O2S. The normalized spacial score (nSPS) is 11.1. The number of aromatic nitrogens is 2. The Morgan fingerprint density at radius 2 is 2.25 bits per heavy atom. The Balaban J connectivity index is 1.85. The van der Waals surface area contributed by atoms with E-state index in [1.807, 2.05) is 30.8 Å². The summed E-state index contributed by atoms with van der Waals surface area (Å²) in [6.07, 6.45) is 2.90. The topological polar surface area (TPSA) is 61.0 Å². The van der Waals surface area contributed by atoms with Crippen molar-refractivity contribution in [1.82, 2.24) is 9.55 Å². The summed E-state index contributed by atoms with van der Waals surface area (Å²) in [4.78, 5) is 15.9. The molecule has 2 aromatic heterocycles. The van der Waals surface area contributed by atoms with Gasteiger partial charge in [-0.05, 0) is 19.1 Å². The van der Waals surface area contributed by atoms with Crippen LogP contribution in [0.5, 0.6) is 0 Å². The Hall–Kier alpha value is -2.21. The Morgan fingerprint density at radius 1 is 1.40 bits per heavy atom. The third kappa shape index (κ3) is 2.30. The Kier molecular flexibility index (Phi) is 3.23. The first-order valence-electron chi connectivity index (χ1n) is 6.27. The van der Waals surface area contributed by atoms with E-state index in [0.29, 0.717) is 0 Å². The Bertz CT molecular complexity index is 776. The Morgan fingerprint density at radius 3 is 2.95 bits per heavy atom. The number of fused-ring (bicyclic) bond motifs is 1. The van der Waals surface area contributed by atoms with Gasteiger partial charge in [0.25, 0.3) is 5.69 Å². The number of nitrogens with zero attached hydrogens (tertiary/aromatic N) is 3. The van der Waals surface area contributed by atoms with Crippen LogP contribution in [-0.4, -0.2) is 14.5 Å². The van der Waals surface area contributed by atoms with Crippen molar-refractivity contribution in [3.05, 3.63) is 56.7 Å². The maximum atomic E-state index is 10.8. The largest absolute Gasteiger partial charge is 0.347 e. The van der Waals surface area contributed by atoms with E-state index in [-0.39, 0.29) is 10.6 Å². The van der Waals surface area contributed by atoms with Crippen LogP contribution >= 0.6 is 11.3 Å². The molecule has 0 bridgehead atoms. The minimum absolute atomic E-state index is 0.133. The van der Waals surface area contributed by atoms with Gasteiger partial charge in [-0.15, -0.1) is 11.3 Å². The van der Waals surface area contributed by atoms with Crippen LogP contribution in [0, 0.1) is 17.0 Å². The molecule has 0 N–H and O–H groups in total. The van der Waals surface area contributed by atoms with Gasteiger partial charge >= 0.3 is 0 Å². The summed E-state index contributed by atoms with van der Waals surface area (Å²) in [5, 5.41) is 11.7. The number of benzene rings is 1. The van der Waals surface area contributed by atoms with Crippen LogP contribution in [0.2, 0.25) is 0 Å². The molecule has 2 heterocycles. The van der Waals surface area contributed by atoms with Gasteiger partial charge in [0.15, 0.2) is 0 Å². The fourth-order valence-electron chi connectivity index (χ4n) is 2.28. The zero-order chi connectivity index (χ0) is 14.1. The second-order valence-corrected chi connectivity index (χ2v) is 5.56. The van der Waals surface area contributed by atoms with E-state index in [2.05, 4.69) is 9.55 Å². The molecule has 1 aromatic carbocycles. The average molecular weight is 287 g/mol. The van der Waals surface area contributed by atoms with E-state index in [1.165, 1.54) is 4.88 Å². The first-order chi connectivity index (χ1) is 9.65. The van der Waals surface area contributed by atoms with E-state index in [4.69, 9.17) is 0 Å². The molecule has 0 amide bonds. The fraction of sp³-hybridized carbons (Fsp3) is 0.214. The molecule has 0 unspecified atom stereocenters. The van der Waals surface area contributed by atoms with Crippen LogP contribution in [0.4, 0.5) is 5.69 Å². The first kappa shape index (κ1) is 12.8. The molecule has 0 aliphatic rings. The summed E-state index contributed by atoms with van der Waals surface area (Å²) in [5.41, 5.74) is 4.11. The number of hydrogen-bond acceptors (Lipinski definition) is 4. The highest BCUT2D eigenvalue weighted by Crippen LogP contribution is 2.23. The highest BCUT2D eigenvalue weighted by atomic mass is 32.1. The zero-order valence-electron chi connectivity index (χ0n) is 10.9. The molecule has 3 rings (SSSR count). The molecule has 5 nitrogen and oxygen atoms in total. The number of nitro groups is 1. The van der Waals surface area contributed by atoms with Crippen LogP contribution in [0.1, 0.15) is 10.6 Å². The van der Waals surface area contributed by atoms with Gasteiger partial charge in [0.1, 0.15) is 0 Å². The molecule has 0 aliphatic carbocycles. The molecule has 102 valence electrons. The van der Waals surface area contributed by atoms with Gasteiger partial charge in [0, 0.05) is 47.1 Å². The van der Waals surface area contributed by atoms with Crippen molar-refractivity contribution in [3.8, 4) is 0 Å². The van der Waals surface area contributed by atoms with Gasteiger partial charge < -0.3 is 4.57 Å². The molecule has 6 heteroatoms. The van der Waals surface area contributed by atoms with Gasteiger partial charge in [0.2, 0.25) is 0 Å². The summed E-state index contributed by atoms with van der Waals surface area (Å²) >= 11 is 1.67. The standard InChI is InChI=1S/C14H13N3O2S/c1-10-14(20-9-15-10)5-7-16-6-4-11-8-12(17(18)19)2-3-13(11)16/h2-4,6,8-9H,5,7H2,1H3. The lowest BCUT2D eigenvalue weighted by Gasteiger charge is -2.04. The van der Waals surface area contributed by atoms with Gasteiger partial charge in [0.05, 0.1) is 16.1 Å². The summed E-state index contributed by atoms with van der Waals surface area (Å²) < 4.78 is 2.12. The van der Waals surface area contributed by atoms with E-state index >= 15 is 0 Å². The van der Waals surface area contributed by atoms with Crippen LogP contribution < -0.4 is 0 Å². The van der Waals surface area contributed by atoms with E-state index < -0.39 is 0 Å². The SMILES string of the molecule is Cc1ncsc1CCn1ccc2cc([N+](=O)[O-])ccc21. The number of nitro benzene ring substituents is 1. The lowest BCUT2D eigenvalue weighted by atomic mass is 10.2. The minimum atomic E-state index is -0.364. The predicted octanol–water partition coefficient (Wildman–Crippen LogP) is 3.56. The van der Waals surface area contributed by atoms with E-state index in [9.17, 15) is 10.1 Å². The average Bonchev–Trinajstić information content (AvgIpc) is 3.02. The van der Waals surface area contributed by atoms with Crippen molar-refractivity contribution in [3.63, 3.8) is 0 Å². The van der Waals surface area contributed by atoms with Gasteiger partial charge in [-0.3, -0.25) is 10.1 Å².